The first kappa shape index (κ1) is 28.2. The molecule has 6 nitrogen and oxygen atoms in total. The molecule has 2 aliphatic rings. The molecule has 0 aromatic heterocycles. The standard InChI is InChI=1S/C32H29F3N2O4/c33-32(34,35)23-13-9-21(10-14-23)25(22-11-15-24(16-12-22)41-18-17-20-7-8-20)3-1-6-30(39)36-27-4-2-5-28-26(27)19-29(38)31(40)37-28/h1-6,9-16,20,29,38H,7-8,17-19H2,(H,36,39)(H,37,40)/b6-1+,25-3-. The number of halogens is 3. The summed E-state index contributed by atoms with van der Waals surface area (Å²) in [6, 6.07) is 17.2. The van der Waals surface area contributed by atoms with Crippen LogP contribution in [0.1, 0.15) is 41.5 Å². The van der Waals surface area contributed by atoms with E-state index in [-0.39, 0.29) is 6.42 Å². The number of aliphatic hydroxyl groups is 1. The lowest BCUT2D eigenvalue weighted by molar-refractivity contribution is -0.137. The highest BCUT2D eigenvalue weighted by molar-refractivity contribution is 6.03. The van der Waals surface area contributed by atoms with Crippen molar-refractivity contribution in [2.45, 2.75) is 38.0 Å². The number of allylic oxidation sites excluding steroid dienone is 2. The Bertz CT molecular complexity index is 1470. The van der Waals surface area contributed by atoms with Gasteiger partial charge in [0.1, 0.15) is 11.9 Å². The second-order valence-corrected chi connectivity index (χ2v) is 10.1. The monoisotopic (exact) mass is 562 g/mol. The molecule has 3 N–H and O–H groups in total. The van der Waals surface area contributed by atoms with Crippen molar-refractivity contribution in [3.63, 3.8) is 0 Å². The third-order valence-corrected chi connectivity index (χ3v) is 7.08. The van der Waals surface area contributed by atoms with Gasteiger partial charge in [0.15, 0.2) is 0 Å². The number of carbonyl (C=O) groups excluding carboxylic acids is 2. The first-order valence-electron chi connectivity index (χ1n) is 13.4. The van der Waals surface area contributed by atoms with Crippen molar-refractivity contribution < 1.29 is 32.6 Å². The van der Waals surface area contributed by atoms with Crippen LogP contribution < -0.4 is 15.4 Å². The van der Waals surface area contributed by atoms with Crippen molar-refractivity contribution in [2.75, 3.05) is 17.2 Å². The van der Waals surface area contributed by atoms with Crippen LogP contribution in [-0.2, 0) is 22.2 Å². The van der Waals surface area contributed by atoms with Crippen molar-refractivity contribution >= 4 is 28.8 Å². The predicted octanol–water partition coefficient (Wildman–Crippen LogP) is 6.37. The van der Waals surface area contributed by atoms with Crippen molar-refractivity contribution in [3.05, 3.63) is 107 Å². The van der Waals surface area contributed by atoms with Crippen molar-refractivity contribution in [2.24, 2.45) is 5.92 Å². The lowest BCUT2D eigenvalue weighted by atomic mass is 9.96. The number of hydrogen-bond donors (Lipinski definition) is 3. The molecule has 0 bridgehead atoms. The van der Waals surface area contributed by atoms with Gasteiger partial charge in [0.05, 0.1) is 12.2 Å². The van der Waals surface area contributed by atoms with E-state index in [9.17, 15) is 27.9 Å². The number of amides is 2. The van der Waals surface area contributed by atoms with Crippen LogP contribution in [0.25, 0.3) is 5.57 Å². The molecule has 0 spiro atoms. The Morgan fingerprint density at radius 3 is 2.37 bits per heavy atom. The number of rotatable bonds is 9. The molecule has 1 heterocycles. The van der Waals surface area contributed by atoms with E-state index >= 15 is 0 Å². The highest BCUT2D eigenvalue weighted by Gasteiger charge is 2.30. The molecular formula is C32H29F3N2O4. The van der Waals surface area contributed by atoms with Crippen LogP contribution in [0.4, 0.5) is 24.5 Å². The van der Waals surface area contributed by atoms with Crippen LogP contribution in [0.5, 0.6) is 5.75 Å². The maximum Gasteiger partial charge on any atom is 0.416 e. The van der Waals surface area contributed by atoms with E-state index in [0.717, 1.165) is 30.0 Å². The van der Waals surface area contributed by atoms with Gasteiger partial charge in [-0.25, -0.2) is 0 Å². The predicted molar refractivity (Wildman–Crippen MR) is 150 cm³/mol. The highest BCUT2D eigenvalue weighted by atomic mass is 19.4. The van der Waals surface area contributed by atoms with Crippen LogP contribution in [0.15, 0.2) is 85.0 Å². The molecule has 1 aliphatic carbocycles. The largest absolute Gasteiger partial charge is 0.494 e. The molecule has 212 valence electrons. The molecule has 2 amide bonds. The molecule has 1 atom stereocenters. The third kappa shape index (κ3) is 7.24. The summed E-state index contributed by atoms with van der Waals surface area (Å²) < 4.78 is 45.2. The summed E-state index contributed by atoms with van der Waals surface area (Å²) in [5, 5.41) is 15.3. The lowest BCUT2D eigenvalue weighted by Crippen LogP contribution is -2.34. The minimum Gasteiger partial charge on any atom is -0.494 e. The average Bonchev–Trinajstić information content (AvgIpc) is 3.77. The Kier molecular flexibility index (Phi) is 8.26. The number of fused-ring (bicyclic) bond motifs is 1. The SMILES string of the molecule is O=C(/C=C/C=C(\c1ccc(OCCC2CC2)cc1)c1ccc(C(F)(F)F)cc1)Nc1cccc2c1CC(O)C(=O)N2. The van der Waals surface area contributed by atoms with E-state index in [2.05, 4.69) is 10.6 Å². The topological polar surface area (TPSA) is 87.7 Å². The average molecular weight is 563 g/mol. The van der Waals surface area contributed by atoms with Gasteiger partial charge >= 0.3 is 6.18 Å². The third-order valence-electron chi connectivity index (χ3n) is 7.08. The highest BCUT2D eigenvalue weighted by Crippen LogP contribution is 2.34. The summed E-state index contributed by atoms with van der Waals surface area (Å²) in [7, 11) is 0. The zero-order valence-electron chi connectivity index (χ0n) is 22.1. The number of hydrogen-bond acceptors (Lipinski definition) is 4. The lowest BCUT2D eigenvalue weighted by Gasteiger charge is -2.23. The second-order valence-electron chi connectivity index (χ2n) is 10.1. The molecule has 41 heavy (non-hydrogen) atoms. The van der Waals surface area contributed by atoms with E-state index < -0.39 is 29.7 Å². The molecule has 9 heteroatoms. The van der Waals surface area contributed by atoms with E-state index in [4.69, 9.17) is 4.74 Å². The molecule has 1 saturated carbocycles. The molecule has 1 fully saturated rings. The Morgan fingerprint density at radius 1 is 1.02 bits per heavy atom. The quantitative estimate of drug-likeness (QED) is 0.209. The van der Waals surface area contributed by atoms with E-state index in [0.29, 0.717) is 40.4 Å². The Morgan fingerprint density at radius 2 is 1.71 bits per heavy atom. The zero-order valence-corrected chi connectivity index (χ0v) is 22.1. The van der Waals surface area contributed by atoms with Crippen LogP contribution in [-0.4, -0.2) is 29.6 Å². The maximum absolute atomic E-state index is 13.1. The summed E-state index contributed by atoms with van der Waals surface area (Å²) in [5.74, 6) is 0.516. The molecule has 0 radical (unpaired) electrons. The fourth-order valence-corrected chi connectivity index (χ4v) is 4.63. The van der Waals surface area contributed by atoms with Gasteiger partial charge in [-0.15, -0.1) is 0 Å². The summed E-state index contributed by atoms with van der Waals surface area (Å²) in [5.41, 5.74) is 2.75. The van der Waals surface area contributed by atoms with Gasteiger partial charge in [0.2, 0.25) is 5.91 Å². The summed E-state index contributed by atoms with van der Waals surface area (Å²) in [6.45, 7) is 0.638. The van der Waals surface area contributed by atoms with Crippen molar-refractivity contribution in [3.8, 4) is 5.75 Å². The van der Waals surface area contributed by atoms with Crippen molar-refractivity contribution in [1.29, 1.82) is 0 Å². The van der Waals surface area contributed by atoms with Gasteiger partial charge in [0.25, 0.3) is 5.91 Å². The number of anilines is 2. The molecule has 3 aromatic carbocycles. The maximum atomic E-state index is 13.1. The minimum atomic E-state index is -4.45. The number of nitrogens with one attached hydrogen (secondary N) is 2. The zero-order chi connectivity index (χ0) is 29.0. The first-order valence-corrected chi connectivity index (χ1v) is 13.4. The minimum absolute atomic E-state index is 0.0690. The molecule has 1 unspecified atom stereocenters. The van der Waals surface area contributed by atoms with Gasteiger partial charge in [0, 0.05) is 29.4 Å². The normalized spacial score (nSPS) is 17.2. The number of carbonyl (C=O) groups is 2. The first-order chi connectivity index (χ1) is 19.7. The molecule has 1 aliphatic heterocycles. The van der Waals surface area contributed by atoms with Gasteiger partial charge < -0.3 is 20.5 Å². The van der Waals surface area contributed by atoms with E-state index in [1.54, 1.807) is 24.3 Å². The Labute approximate surface area is 235 Å². The Hall–Kier alpha value is -4.37. The number of aliphatic hydroxyl groups excluding tert-OH is 1. The molecule has 0 saturated heterocycles. The van der Waals surface area contributed by atoms with Gasteiger partial charge in [-0.3, -0.25) is 9.59 Å². The smallest absolute Gasteiger partial charge is 0.416 e. The van der Waals surface area contributed by atoms with E-state index in [1.807, 2.05) is 24.3 Å². The van der Waals surface area contributed by atoms with Gasteiger partial charge in [-0.05, 0) is 65.4 Å². The molecular weight excluding hydrogens is 533 g/mol. The Balaban J connectivity index is 1.35. The van der Waals surface area contributed by atoms with Crippen LogP contribution in [0.3, 0.4) is 0 Å². The van der Waals surface area contributed by atoms with Gasteiger partial charge in [-0.2, -0.15) is 13.2 Å². The number of benzene rings is 3. The summed E-state index contributed by atoms with van der Waals surface area (Å²) >= 11 is 0. The van der Waals surface area contributed by atoms with Crippen LogP contribution in [0.2, 0.25) is 0 Å². The van der Waals surface area contributed by atoms with Gasteiger partial charge in [-0.1, -0.05) is 55.3 Å². The van der Waals surface area contributed by atoms with Crippen LogP contribution >= 0.6 is 0 Å². The van der Waals surface area contributed by atoms with Crippen LogP contribution in [0, 0.1) is 5.92 Å². The summed E-state index contributed by atoms with van der Waals surface area (Å²) in [6.07, 6.45) is 2.43. The molecule has 3 aromatic rings. The molecule has 5 rings (SSSR count). The number of alkyl halides is 3. The number of ether oxygens (including phenoxy) is 1. The fourth-order valence-electron chi connectivity index (χ4n) is 4.63. The second kappa shape index (κ2) is 12.0. The summed E-state index contributed by atoms with van der Waals surface area (Å²) in [4.78, 5) is 24.5. The van der Waals surface area contributed by atoms with Crippen molar-refractivity contribution in [1.82, 2.24) is 0 Å². The fraction of sp³-hybridized carbons (Fsp3) is 0.250. The van der Waals surface area contributed by atoms with E-state index in [1.165, 1.54) is 37.1 Å².